The smallest absolute Gasteiger partial charge is 0.0232 e. The lowest BCUT2D eigenvalue weighted by atomic mass is 9.82. The van der Waals surface area contributed by atoms with E-state index in [2.05, 4.69) is 30.8 Å². The van der Waals surface area contributed by atoms with E-state index in [1.54, 1.807) is 0 Å². The van der Waals surface area contributed by atoms with Gasteiger partial charge in [-0.2, -0.15) is 0 Å². The lowest BCUT2D eigenvalue weighted by Crippen LogP contribution is -2.38. The number of hydrogen-bond acceptors (Lipinski definition) is 2. The van der Waals surface area contributed by atoms with E-state index < -0.39 is 0 Å². The molecule has 0 bridgehead atoms. The van der Waals surface area contributed by atoms with Gasteiger partial charge in [-0.15, -0.1) is 0 Å². The maximum atomic E-state index is 2.63. The number of likely N-dealkylation sites (N-methyl/N-ethyl adjacent to an activating group) is 2. The quantitative estimate of drug-likeness (QED) is 0.726. The maximum Gasteiger partial charge on any atom is 0.0232 e. The molecule has 16 heavy (non-hydrogen) atoms. The molecule has 0 radical (unpaired) electrons. The van der Waals surface area contributed by atoms with Crippen LogP contribution < -0.4 is 0 Å². The van der Waals surface area contributed by atoms with Crippen LogP contribution in [0.5, 0.6) is 0 Å². The third-order valence-electron chi connectivity index (χ3n) is 4.67. The van der Waals surface area contributed by atoms with E-state index in [0.717, 1.165) is 17.9 Å². The fourth-order valence-electron chi connectivity index (χ4n) is 3.34. The van der Waals surface area contributed by atoms with Crippen molar-refractivity contribution in [3.63, 3.8) is 0 Å². The van der Waals surface area contributed by atoms with Crippen molar-refractivity contribution in [2.75, 3.05) is 33.7 Å². The summed E-state index contributed by atoms with van der Waals surface area (Å²) in [4.78, 5) is 5.09. The standard InChI is InChI=1S/C14H28N2/c1-12-4-6-13(7-5-12)10-16(3)14-8-9-15(2)11-14/h12-14H,4-11H2,1-3H3. The fourth-order valence-corrected chi connectivity index (χ4v) is 3.34. The van der Waals surface area contributed by atoms with Gasteiger partial charge in [0.15, 0.2) is 0 Å². The second-order valence-electron chi connectivity index (χ2n) is 6.27. The van der Waals surface area contributed by atoms with Gasteiger partial charge >= 0.3 is 0 Å². The molecular weight excluding hydrogens is 196 g/mol. The van der Waals surface area contributed by atoms with Crippen molar-refractivity contribution in [3.8, 4) is 0 Å². The van der Waals surface area contributed by atoms with E-state index in [4.69, 9.17) is 0 Å². The molecule has 94 valence electrons. The minimum Gasteiger partial charge on any atom is -0.305 e. The van der Waals surface area contributed by atoms with Gasteiger partial charge in [-0.1, -0.05) is 19.8 Å². The summed E-state index contributed by atoms with van der Waals surface area (Å²) in [6.45, 7) is 6.31. The van der Waals surface area contributed by atoms with Gasteiger partial charge in [0.1, 0.15) is 0 Å². The molecule has 1 unspecified atom stereocenters. The van der Waals surface area contributed by atoms with Crippen LogP contribution in [0.4, 0.5) is 0 Å². The summed E-state index contributed by atoms with van der Waals surface area (Å²) in [5.41, 5.74) is 0. The average molecular weight is 224 g/mol. The van der Waals surface area contributed by atoms with Crippen molar-refractivity contribution in [1.29, 1.82) is 0 Å². The molecule has 1 aliphatic heterocycles. The van der Waals surface area contributed by atoms with Crippen LogP contribution in [0, 0.1) is 11.8 Å². The molecular formula is C14H28N2. The van der Waals surface area contributed by atoms with Gasteiger partial charge in [0.05, 0.1) is 0 Å². The number of hydrogen-bond donors (Lipinski definition) is 0. The SMILES string of the molecule is CC1CCC(CN(C)C2CCN(C)C2)CC1. The van der Waals surface area contributed by atoms with E-state index in [9.17, 15) is 0 Å². The second-order valence-corrected chi connectivity index (χ2v) is 6.27. The zero-order valence-electron chi connectivity index (χ0n) is 11.3. The molecule has 1 saturated heterocycles. The fraction of sp³-hybridized carbons (Fsp3) is 1.00. The van der Waals surface area contributed by atoms with E-state index in [1.165, 1.54) is 51.7 Å². The summed E-state index contributed by atoms with van der Waals surface area (Å²) in [5.74, 6) is 1.96. The van der Waals surface area contributed by atoms with Gasteiger partial charge in [-0.25, -0.2) is 0 Å². The first kappa shape index (κ1) is 12.4. The first-order valence-electron chi connectivity index (χ1n) is 7.04. The van der Waals surface area contributed by atoms with Crippen LogP contribution in [0.15, 0.2) is 0 Å². The van der Waals surface area contributed by atoms with Crippen molar-refractivity contribution in [2.24, 2.45) is 11.8 Å². The summed E-state index contributed by atoms with van der Waals surface area (Å²) in [7, 11) is 4.58. The molecule has 0 aromatic carbocycles. The van der Waals surface area contributed by atoms with Crippen LogP contribution in [0.1, 0.15) is 39.0 Å². The van der Waals surface area contributed by atoms with Crippen LogP contribution in [0.2, 0.25) is 0 Å². The van der Waals surface area contributed by atoms with Crippen molar-refractivity contribution in [3.05, 3.63) is 0 Å². The Balaban J connectivity index is 1.72. The van der Waals surface area contributed by atoms with Crippen LogP contribution in [0.25, 0.3) is 0 Å². The minimum absolute atomic E-state index is 0.823. The first-order chi connectivity index (χ1) is 7.65. The highest BCUT2D eigenvalue weighted by atomic mass is 15.2. The Kier molecular flexibility index (Phi) is 4.26. The summed E-state index contributed by atoms with van der Waals surface area (Å²) >= 11 is 0. The molecule has 2 fully saturated rings. The normalized spacial score (nSPS) is 37.1. The molecule has 2 nitrogen and oxygen atoms in total. The monoisotopic (exact) mass is 224 g/mol. The lowest BCUT2D eigenvalue weighted by molar-refractivity contribution is 0.170. The summed E-state index contributed by atoms with van der Waals surface area (Å²) in [5, 5.41) is 0. The Morgan fingerprint density at radius 3 is 2.38 bits per heavy atom. The Labute approximate surface area is 101 Å². The number of nitrogens with zero attached hydrogens (tertiary/aromatic N) is 2. The molecule has 0 N–H and O–H groups in total. The van der Waals surface area contributed by atoms with Gasteiger partial charge in [0.2, 0.25) is 0 Å². The molecule has 0 aromatic heterocycles. The Morgan fingerprint density at radius 2 is 1.81 bits per heavy atom. The largest absolute Gasteiger partial charge is 0.305 e. The van der Waals surface area contributed by atoms with E-state index in [-0.39, 0.29) is 0 Å². The molecule has 1 saturated carbocycles. The lowest BCUT2D eigenvalue weighted by Gasteiger charge is -2.32. The van der Waals surface area contributed by atoms with Crippen LogP contribution in [0.3, 0.4) is 0 Å². The van der Waals surface area contributed by atoms with E-state index in [0.29, 0.717) is 0 Å². The van der Waals surface area contributed by atoms with E-state index >= 15 is 0 Å². The number of rotatable bonds is 3. The zero-order chi connectivity index (χ0) is 11.5. The van der Waals surface area contributed by atoms with Crippen molar-refractivity contribution < 1.29 is 0 Å². The third-order valence-corrected chi connectivity index (χ3v) is 4.67. The molecule has 0 amide bonds. The van der Waals surface area contributed by atoms with Crippen molar-refractivity contribution in [2.45, 2.75) is 45.1 Å². The zero-order valence-corrected chi connectivity index (χ0v) is 11.3. The van der Waals surface area contributed by atoms with E-state index in [1.807, 2.05) is 0 Å². The third kappa shape index (κ3) is 3.21. The molecule has 2 aliphatic rings. The van der Waals surface area contributed by atoms with Gasteiger partial charge in [0, 0.05) is 19.1 Å². The molecule has 2 heteroatoms. The van der Waals surface area contributed by atoms with Crippen LogP contribution in [-0.2, 0) is 0 Å². The predicted octanol–water partition coefficient (Wildman–Crippen LogP) is 2.45. The van der Waals surface area contributed by atoms with Gasteiger partial charge < -0.3 is 9.80 Å². The van der Waals surface area contributed by atoms with Gasteiger partial charge in [-0.3, -0.25) is 0 Å². The average Bonchev–Trinajstić information content (AvgIpc) is 2.68. The minimum atomic E-state index is 0.823. The summed E-state index contributed by atoms with van der Waals surface area (Å²) < 4.78 is 0. The van der Waals surface area contributed by atoms with Crippen molar-refractivity contribution >= 4 is 0 Å². The number of likely N-dealkylation sites (tertiary alicyclic amines) is 1. The second kappa shape index (κ2) is 5.50. The first-order valence-corrected chi connectivity index (χ1v) is 7.04. The van der Waals surface area contributed by atoms with Crippen LogP contribution >= 0.6 is 0 Å². The predicted molar refractivity (Wildman–Crippen MR) is 69.7 cm³/mol. The molecule has 0 aromatic rings. The topological polar surface area (TPSA) is 6.48 Å². The Hall–Kier alpha value is -0.0800. The highest BCUT2D eigenvalue weighted by Crippen LogP contribution is 2.29. The Morgan fingerprint density at radius 1 is 1.12 bits per heavy atom. The maximum absolute atomic E-state index is 2.63. The van der Waals surface area contributed by atoms with Gasteiger partial charge in [0.25, 0.3) is 0 Å². The highest BCUT2D eigenvalue weighted by molar-refractivity contribution is 4.82. The molecule has 0 spiro atoms. The highest BCUT2D eigenvalue weighted by Gasteiger charge is 2.26. The molecule has 1 atom stereocenters. The van der Waals surface area contributed by atoms with Crippen molar-refractivity contribution in [1.82, 2.24) is 9.80 Å². The molecule has 1 aliphatic carbocycles. The summed E-state index contributed by atoms with van der Waals surface area (Å²) in [6, 6.07) is 0.823. The Bertz CT molecular complexity index is 209. The van der Waals surface area contributed by atoms with Crippen LogP contribution in [-0.4, -0.2) is 49.6 Å². The molecule has 1 heterocycles. The van der Waals surface area contributed by atoms with Gasteiger partial charge in [-0.05, 0) is 51.7 Å². The molecule has 2 rings (SSSR count). The summed E-state index contributed by atoms with van der Waals surface area (Å²) in [6.07, 6.45) is 7.23.